The molecule has 0 saturated heterocycles. The number of fused-ring (bicyclic) bond motifs is 3. The van der Waals surface area contributed by atoms with Crippen LogP contribution in [-0.4, -0.2) is 17.9 Å². The number of nitrogens with one attached hydrogen (secondary N) is 1. The number of rotatable bonds is 4. The van der Waals surface area contributed by atoms with Crippen LogP contribution in [0.25, 0.3) is 11.1 Å². The zero-order chi connectivity index (χ0) is 18.3. The summed E-state index contributed by atoms with van der Waals surface area (Å²) < 4.78 is 0. The lowest BCUT2D eigenvalue weighted by atomic mass is 9.88. The summed E-state index contributed by atoms with van der Waals surface area (Å²) >= 11 is 0. The molecule has 6 heteroatoms. The molecular weight excluding hydrogens is 362 g/mol. The highest BCUT2D eigenvalue weighted by Gasteiger charge is 2.38. The van der Waals surface area contributed by atoms with Gasteiger partial charge in [0.15, 0.2) is 0 Å². The van der Waals surface area contributed by atoms with Crippen molar-refractivity contribution in [1.82, 2.24) is 5.43 Å². The number of anilines is 1. The first kappa shape index (κ1) is 19.4. The van der Waals surface area contributed by atoms with Crippen LogP contribution in [0.1, 0.15) is 37.7 Å². The Bertz CT molecular complexity index is 864. The van der Waals surface area contributed by atoms with E-state index in [4.69, 9.17) is 5.73 Å². The second-order valence-electron chi connectivity index (χ2n) is 7.27. The number of para-hydroxylation sites is 1. The molecular formula is C21H24ClN3O2. The van der Waals surface area contributed by atoms with Crippen molar-refractivity contribution in [2.45, 2.75) is 38.1 Å². The van der Waals surface area contributed by atoms with Crippen molar-refractivity contribution in [3.8, 4) is 11.1 Å². The summed E-state index contributed by atoms with van der Waals surface area (Å²) in [5.74, 6) is -0.142. The lowest BCUT2D eigenvalue weighted by molar-refractivity contribution is -0.127. The van der Waals surface area contributed by atoms with Gasteiger partial charge < -0.3 is 5.73 Å². The van der Waals surface area contributed by atoms with Crippen molar-refractivity contribution in [2.24, 2.45) is 11.7 Å². The molecule has 4 rings (SSSR count). The first-order chi connectivity index (χ1) is 12.6. The molecule has 0 radical (unpaired) electrons. The average molecular weight is 386 g/mol. The summed E-state index contributed by atoms with van der Waals surface area (Å²) in [7, 11) is 0. The molecule has 27 heavy (non-hydrogen) atoms. The van der Waals surface area contributed by atoms with E-state index < -0.39 is 6.04 Å². The zero-order valence-electron chi connectivity index (χ0n) is 15.2. The first-order valence-electron chi connectivity index (χ1n) is 9.14. The van der Waals surface area contributed by atoms with Gasteiger partial charge in [-0.15, -0.1) is 12.4 Å². The molecule has 1 aliphatic heterocycles. The molecule has 2 amide bonds. The molecule has 1 saturated carbocycles. The van der Waals surface area contributed by atoms with Gasteiger partial charge in [0.05, 0.1) is 17.6 Å². The van der Waals surface area contributed by atoms with Crippen molar-refractivity contribution in [2.75, 3.05) is 5.01 Å². The standard InChI is InChI=1S/C21H23N3O2.ClH/c1-13(22)20(25)23-24-19-9-5-4-8-17(19)15-6-2-3-7-16(15)18(21(24)26)12-14-10-11-14;/h2-9,13-14,18H,10-12,22H2,1H3,(H,23,25);1H/t13-,18?;/m0./s1. The minimum atomic E-state index is -0.692. The number of benzene rings is 2. The van der Waals surface area contributed by atoms with Gasteiger partial charge in [-0.3, -0.25) is 15.0 Å². The van der Waals surface area contributed by atoms with Gasteiger partial charge in [0.2, 0.25) is 0 Å². The molecule has 1 heterocycles. The molecule has 142 valence electrons. The second-order valence-corrected chi connectivity index (χ2v) is 7.27. The maximum Gasteiger partial charge on any atom is 0.255 e. The molecule has 3 N–H and O–H groups in total. The number of carbonyl (C=O) groups excluding carboxylic acids is 2. The SMILES string of the molecule is C[C@H](N)C(=O)NN1C(=O)C(CC2CC2)c2ccccc2-c2ccccc21.Cl. The highest BCUT2D eigenvalue weighted by molar-refractivity contribution is 6.06. The number of nitrogens with zero attached hydrogens (tertiary/aromatic N) is 1. The summed E-state index contributed by atoms with van der Waals surface area (Å²) in [6.07, 6.45) is 3.16. The van der Waals surface area contributed by atoms with Crippen molar-refractivity contribution >= 4 is 29.9 Å². The maximum atomic E-state index is 13.5. The molecule has 2 aromatic carbocycles. The quantitative estimate of drug-likeness (QED) is 0.847. The fraction of sp³-hybridized carbons (Fsp3) is 0.333. The highest BCUT2D eigenvalue weighted by atomic mass is 35.5. The van der Waals surface area contributed by atoms with Crippen LogP contribution in [0, 0.1) is 5.92 Å². The van der Waals surface area contributed by atoms with Gasteiger partial charge in [-0.2, -0.15) is 0 Å². The summed E-state index contributed by atoms with van der Waals surface area (Å²) in [5.41, 5.74) is 12.2. The largest absolute Gasteiger partial charge is 0.320 e. The van der Waals surface area contributed by atoms with Crippen LogP contribution in [0.5, 0.6) is 0 Å². The summed E-state index contributed by atoms with van der Waals surface area (Å²) in [6.45, 7) is 1.61. The molecule has 2 atom stereocenters. The van der Waals surface area contributed by atoms with E-state index in [-0.39, 0.29) is 30.1 Å². The van der Waals surface area contributed by atoms with E-state index in [1.165, 1.54) is 17.9 Å². The van der Waals surface area contributed by atoms with Crippen LogP contribution in [0.4, 0.5) is 5.69 Å². The molecule has 2 aromatic rings. The van der Waals surface area contributed by atoms with E-state index >= 15 is 0 Å². The fourth-order valence-corrected chi connectivity index (χ4v) is 3.59. The number of nitrogens with two attached hydrogens (primary N) is 1. The maximum absolute atomic E-state index is 13.5. The predicted octanol–water partition coefficient (Wildman–Crippen LogP) is 3.38. The molecule has 1 fully saturated rings. The Balaban J connectivity index is 0.00000210. The van der Waals surface area contributed by atoms with Crippen LogP contribution in [0.15, 0.2) is 48.5 Å². The number of hydrogen-bond acceptors (Lipinski definition) is 3. The third kappa shape index (κ3) is 3.70. The van der Waals surface area contributed by atoms with Gasteiger partial charge in [0.1, 0.15) is 0 Å². The minimum Gasteiger partial charge on any atom is -0.320 e. The topological polar surface area (TPSA) is 75.4 Å². The van der Waals surface area contributed by atoms with Gasteiger partial charge in [-0.25, -0.2) is 5.01 Å². The summed E-state index contributed by atoms with van der Waals surface area (Å²) in [6, 6.07) is 15.1. The smallest absolute Gasteiger partial charge is 0.255 e. The normalized spacial score (nSPS) is 19.3. The van der Waals surface area contributed by atoms with E-state index in [2.05, 4.69) is 11.5 Å². The van der Waals surface area contributed by atoms with Crippen LogP contribution in [0.3, 0.4) is 0 Å². The summed E-state index contributed by atoms with van der Waals surface area (Å²) in [5, 5.41) is 1.41. The molecule has 0 aromatic heterocycles. The Hall–Kier alpha value is -2.37. The third-order valence-electron chi connectivity index (χ3n) is 5.19. The summed E-state index contributed by atoms with van der Waals surface area (Å²) in [4.78, 5) is 25.7. The Morgan fingerprint density at radius 2 is 1.78 bits per heavy atom. The van der Waals surface area contributed by atoms with Gasteiger partial charge in [-0.05, 0) is 36.5 Å². The van der Waals surface area contributed by atoms with Gasteiger partial charge >= 0.3 is 0 Å². The Morgan fingerprint density at radius 1 is 1.15 bits per heavy atom. The molecule has 0 bridgehead atoms. The number of amides is 2. The van der Waals surface area contributed by atoms with E-state index in [0.29, 0.717) is 11.6 Å². The van der Waals surface area contributed by atoms with E-state index in [1.807, 2.05) is 42.5 Å². The van der Waals surface area contributed by atoms with Crippen LogP contribution < -0.4 is 16.2 Å². The van der Waals surface area contributed by atoms with Crippen LogP contribution in [0.2, 0.25) is 0 Å². The molecule has 1 unspecified atom stereocenters. The number of carbonyl (C=O) groups is 2. The Labute approximate surface area is 165 Å². The Morgan fingerprint density at radius 3 is 2.44 bits per heavy atom. The van der Waals surface area contributed by atoms with E-state index in [1.54, 1.807) is 6.92 Å². The second kappa shape index (κ2) is 7.71. The van der Waals surface area contributed by atoms with Gasteiger partial charge in [-0.1, -0.05) is 55.3 Å². The van der Waals surface area contributed by atoms with Crippen molar-refractivity contribution in [1.29, 1.82) is 0 Å². The number of hydrogen-bond donors (Lipinski definition) is 2. The lowest BCUT2D eigenvalue weighted by Crippen LogP contribution is -2.52. The monoisotopic (exact) mass is 385 g/mol. The third-order valence-corrected chi connectivity index (χ3v) is 5.19. The first-order valence-corrected chi connectivity index (χ1v) is 9.14. The van der Waals surface area contributed by atoms with Gasteiger partial charge in [0, 0.05) is 5.56 Å². The van der Waals surface area contributed by atoms with Crippen molar-refractivity contribution in [3.63, 3.8) is 0 Å². The van der Waals surface area contributed by atoms with Crippen molar-refractivity contribution < 1.29 is 9.59 Å². The zero-order valence-corrected chi connectivity index (χ0v) is 16.0. The number of halogens is 1. The Kier molecular flexibility index (Phi) is 5.53. The minimum absolute atomic E-state index is 0. The van der Waals surface area contributed by atoms with E-state index in [9.17, 15) is 9.59 Å². The molecule has 1 aliphatic carbocycles. The van der Waals surface area contributed by atoms with Crippen LogP contribution in [-0.2, 0) is 9.59 Å². The molecule has 2 aliphatic rings. The van der Waals surface area contributed by atoms with Crippen molar-refractivity contribution in [3.05, 3.63) is 54.1 Å². The van der Waals surface area contributed by atoms with E-state index in [0.717, 1.165) is 23.1 Å². The lowest BCUT2D eigenvalue weighted by Gasteiger charge is -2.27. The van der Waals surface area contributed by atoms with Crippen LogP contribution >= 0.6 is 12.4 Å². The average Bonchev–Trinajstić information content (AvgIpc) is 3.48. The highest BCUT2D eigenvalue weighted by Crippen LogP contribution is 2.45. The number of hydrazine groups is 1. The molecule has 0 spiro atoms. The predicted molar refractivity (Wildman–Crippen MR) is 108 cm³/mol. The fourth-order valence-electron chi connectivity index (χ4n) is 3.59. The van der Waals surface area contributed by atoms with Gasteiger partial charge in [0.25, 0.3) is 11.8 Å². The molecule has 5 nitrogen and oxygen atoms in total.